The highest BCUT2D eigenvalue weighted by Crippen LogP contribution is 2.24. The minimum absolute atomic E-state index is 0.260. The summed E-state index contributed by atoms with van der Waals surface area (Å²) < 4.78 is 41.1. The van der Waals surface area contributed by atoms with E-state index in [2.05, 4.69) is 0 Å². The summed E-state index contributed by atoms with van der Waals surface area (Å²) in [6.45, 7) is 1.80. The minimum atomic E-state index is -4.45. The van der Waals surface area contributed by atoms with Crippen LogP contribution in [0.1, 0.15) is 17.5 Å². The zero-order valence-corrected chi connectivity index (χ0v) is 9.60. The fourth-order valence-electron chi connectivity index (χ4n) is 1.54. The predicted octanol–water partition coefficient (Wildman–Crippen LogP) is 3.07. The molecule has 0 unspecified atom stereocenters. The summed E-state index contributed by atoms with van der Waals surface area (Å²) in [6, 6.07) is 5.08. The van der Waals surface area contributed by atoms with Gasteiger partial charge in [-0.3, -0.25) is 4.79 Å². The van der Waals surface area contributed by atoms with E-state index in [9.17, 15) is 18.0 Å². The molecule has 0 aliphatic carbocycles. The van der Waals surface area contributed by atoms with Gasteiger partial charge < -0.3 is 4.74 Å². The maximum Gasteiger partial charge on any atom is 0.395 e. The SMILES string of the molecule is COc1ccc(C)cc1CC(=O)CC(F)(F)F. The third-order valence-corrected chi connectivity index (χ3v) is 2.22. The van der Waals surface area contributed by atoms with Crippen molar-refractivity contribution < 1.29 is 22.7 Å². The Labute approximate surface area is 97.4 Å². The Morgan fingerprint density at radius 3 is 2.53 bits per heavy atom. The number of methoxy groups -OCH3 is 1. The number of halogens is 3. The summed E-state index contributed by atoms with van der Waals surface area (Å²) in [6.07, 6.45) is -6.11. The van der Waals surface area contributed by atoms with E-state index >= 15 is 0 Å². The first kappa shape index (κ1) is 13.5. The van der Waals surface area contributed by atoms with Crippen LogP contribution in [-0.4, -0.2) is 19.1 Å². The van der Waals surface area contributed by atoms with Gasteiger partial charge in [0.15, 0.2) is 0 Å². The largest absolute Gasteiger partial charge is 0.496 e. The summed E-state index contributed by atoms with van der Waals surface area (Å²) in [4.78, 5) is 11.2. The quantitative estimate of drug-likeness (QED) is 0.816. The van der Waals surface area contributed by atoms with Gasteiger partial charge in [-0.2, -0.15) is 13.2 Å². The second kappa shape index (κ2) is 5.21. The van der Waals surface area contributed by atoms with Gasteiger partial charge in [0, 0.05) is 12.0 Å². The van der Waals surface area contributed by atoms with Crippen molar-refractivity contribution in [1.29, 1.82) is 0 Å². The number of alkyl halides is 3. The standard InChI is InChI=1S/C12H13F3O2/c1-8-3-4-11(17-2)9(5-8)6-10(16)7-12(13,14)15/h3-5H,6-7H2,1-2H3. The van der Waals surface area contributed by atoms with Gasteiger partial charge in [0.2, 0.25) is 0 Å². The van der Waals surface area contributed by atoms with Crippen LogP contribution in [-0.2, 0) is 11.2 Å². The molecule has 0 spiro atoms. The molecule has 0 aromatic heterocycles. The second-order valence-corrected chi connectivity index (χ2v) is 3.82. The average Bonchev–Trinajstić information content (AvgIpc) is 2.14. The first-order chi connectivity index (χ1) is 7.81. The highest BCUT2D eigenvalue weighted by Gasteiger charge is 2.31. The molecular weight excluding hydrogens is 233 g/mol. The van der Waals surface area contributed by atoms with E-state index in [-0.39, 0.29) is 6.42 Å². The van der Waals surface area contributed by atoms with Crippen molar-refractivity contribution in [2.45, 2.75) is 25.9 Å². The second-order valence-electron chi connectivity index (χ2n) is 3.82. The van der Waals surface area contributed by atoms with Crippen molar-refractivity contribution in [1.82, 2.24) is 0 Å². The number of carbonyl (C=O) groups excluding carboxylic acids is 1. The molecule has 1 aromatic rings. The normalized spacial score (nSPS) is 11.4. The first-order valence-corrected chi connectivity index (χ1v) is 5.04. The van der Waals surface area contributed by atoms with Crippen molar-refractivity contribution >= 4 is 5.78 Å². The number of hydrogen-bond acceptors (Lipinski definition) is 2. The fraction of sp³-hybridized carbons (Fsp3) is 0.417. The number of hydrogen-bond donors (Lipinski definition) is 0. The molecule has 0 fully saturated rings. The summed E-state index contributed by atoms with van der Waals surface area (Å²) in [7, 11) is 1.42. The van der Waals surface area contributed by atoms with Crippen molar-refractivity contribution in [3.63, 3.8) is 0 Å². The van der Waals surface area contributed by atoms with Gasteiger partial charge >= 0.3 is 6.18 Å². The maximum absolute atomic E-state index is 12.0. The molecule has 5 heteroatoms. The van der Waals surface area contributed by atoms with Crippen LogP contribution in [0.5, 0.6) is 5.75 Å². The Kier molecular flexibility index (Phi) is 4.15. The summed E-state index contributed by atoms with van der Waals surface area (Å²) in [5, 5.41) is 0. The Morgan fingerprint density at radius 1 is 1.35 bits per heavy atom. The minimum Gasteiger partial charge on any atom is -0.496 e. The molecule has 1 aromatic carbocycles. The highest BCUT2D eigenvalue weighted by molar-refractivity contribution is 5.82. The van der Waals surface area contributed by atoms with Crippen LogP contribution in [0.25, 0.3) is 0 Å². The Hall–Kier alpha value is -1.52. The van der Waals surface area contributed by atoms with Crippen LogP contribution in [0.15, 0.2) is 18.2 Å². The molecule has 0 bridgehead atoms. The van der Waals surface area contributed by atoms with Crippen molar-refractivity contribution in [3.05, 3.63) is 29.3 Å². The van der Waals surface area contributed by atoms with Gasteiger partial charge in [-0.05, 0) is 13.0 Å². The number of ether oxygens (including phenoxy) is 1. The van der Waals surface area contributed by atoms with E-state index in [1.807, 2.05) is 0 Å². The summed E-state index contributed by atoms with van der Waals surface area (Å²) in [5.74, 6) is -0.424. The van der Waals surface area contributed by atoms with E-state index in [0.717, 1.165) is 5.56 Å². The molecule has 0 amide bonds. The molecule has 0 aliphatic heterocycles. The zero-order valence-electron chi connectivity index (χ0n) is 9.60. The summed E-state index contributed by atoms with van der Waals surface area (Å²) in [5.41, 5.74) is 1.36. The van der Waals surface area contributed by atoms with Crippen molar-refractivity contribution in [2.75, 3.05) is 7.11 Å². The fourth-order valence-corrected chi connectivity index (χ4v) is 1.54. The number of benzene rings is 1. The molecular formula is C12H13F3O2. The third kappa shape index (κ3) is 4.46. The summed E-state index contributed by atoms with van der Waals surface area (Å²) >= 11 is 0. The molecule has 0 N–H and O–H groups in total. The maximum atomic E-state index is 12.0. The lowest BCUT2D eigenvalue weighted by molar-refractivity contribution is -0.151. The Balaban J connectivity index is 2.80. The van der Waals surface area contributed by atoms with E-state index in [1.165, 1.54) is 7.11 Å². The van der Waals surface area contributed by atoms with Crippen LogP contribution >= 0.6 is 0 Å². The Bertz CT molecular complexity index is 411. The van der Waals surface area contributed by atoms with Crippen LogP contribution < -0.4 is 4.74 Å². The number of aryl methyl sites for hydroxylation is 1. The molecule has 17 heavy (non-hydrogen) atoms. The molecule has 94 valence electrons. The van der Waals surface area contributed by atoms with Gasteiger partial charge in [-0.15, -0.1) is 0 Å². The molecule has 0 atom stereocenters. The number of Topliss-reactive ketones (excluding diaryl/α,β-unsaturated/α-hetero) is 1. The van der Waals surface area contributed by atoms with Gasteiger partial charge in [0.1, 0.15) is 18.0 Å². The lowest BCUT2D eigenvalue weighted by Gasteiger charge is -2.10. The molecule has 0 saturated heterocycles. The van der Waals surface area contributed by atoms with Crippen LogP contribution in [0.4, 0.5) is 13.2 Å². The van der Waals surface area contributed by atoms with Gasteiger partial charge in [-0.1, -0.05) is 17.7 Å². The van der Waals surface area contributed by atoms with Crippen molar-refractivity contribution in [3.8, 4) is 5.75 Å². The monoisotopic (exact) mass is 246 g/mol. The highest BCUT2D eigenvalue weighted by atomic mass is 19.4. The number of ketones is 1. The lowest BCUT2D eigenvalue weighted by Crippen LogP contribution is -2.16. The van der Waals surface area contributed by atoms with Crippen LogP contribution in [0.3, 0.4) is 0 Å². The van der Waals surface area contributed by atoms with Gasteiger partial charge in [-0.25, -0.2) is 0 Å². The van der Waals surface area contributed by atoms with Gasteiger partial charge in [0.25, 0.3) is 0 Å². The predicted molar refractivity (Wildman–Crippen MR) is 57.1 cm³/mol. The smallest absolute Gasteiger partial charge is 0.395 e. The molecule has 2 nitrogen and oxygen atoms in total. The molecule has 0 radical (unpaired) electrons. The van der Waals surface area contributed by atoms with Crippen molar-refractivity contribution in [2.24, 2.45) is 0 Å². The van der Waals surface area contributed by atoms with Gasteiger partial charge in [0.05, 0.1) is 7.11 Å². The number of rotatable bonds is 4. The van der Waals surface area contributed by atoms with E-state index in [4.69, 9.17) is 4.74 Å². The molecule has 1 rings (SSSR count). The van der Waals surface area contributed by atoms with E-state index in [0.29, 0.717) is 11.3 Å². The Morgan fingerprint density at radius 2 is 2.00 bits per heavy atom. The molecule has 0 saturated carbocycles. The molecule has 0 heterocycles. The number of carbonyl (C=O) groups is 1. The average molecular weight is 246 g/mol. The lowest BCUT2D eigenvalue weighted by atomic mass is 10.0. The zero-order chi connectivity index (χ0) is 13.1. The topological polar surface area (TPSA) is 26.3 Å². The van der Waals surface area contributed by atoms with E-state index < -0.39 is 18.4 Å². The molecule has 0 aliphatic rings. The first-order valence-electron chi connectivity index (χ1n) is 5.04. The van der Waals surface area contributed by atoms with E-state index in [1.54, 1.807) is 25.1 Å². The van der Waals surface area contributed by atoms with Crippen LogP contribution in [0, 0.1) is 6.92 Å². The third-order valence-electron chi connectivity index (χ3n) is 2.22. The van der Waals surface area contributed by atoms with Crippen LogP contribution in [0.2, 0.25) is 0 Å².